The summed E-state index contributed by atoms with van der Waals surface area (Å²) in [5, 5.41) is 9.98. The minimum absolute atomic E-state index is 0.0916. The van der Waals surface area contributed by atoms with E-state index in [-0.39, 0.29) is 5.78 Å². The molecule has 1 fully saturated rings. The lowest BCUT2D eigenvalue weighted by Gasteiger charge is -2.37. The maximum Gasteiger partial charge on any atom is 0.186 e. The van der Waals surface area contributed by atoms with Crippen molar-refractivity contribution in [3.63, 3.8) is 0 Å². The van der Waals surface area contributed by atoms with Crippen LogP contribution in [-0.2, 0) is 0 Å². The van der Waals surface area contributed by atoms with Crippen LogP contribution in [0.1, 0.15) is 17.3 Å². The summed E-state index contributed by atoms with van der Waals surface area (Å²) in [7, 11) is 0. The molecule has 0 atom stereocenters. The topological polar surface area (TPSA) is 66.6 Å². The SMILES string of the molecule is CC(=O)c1ccc(N2CCN(c3nc4c(-c5ccccc5)nnn4c4ccccc34)CC2)cc1. The second kappa shape index (κ2) is 8.26. The first-order chi connectivity index (χ1) is 16.7. The van der Waals surface area contributed by atoms with E-state index in [2.05, 4.69) is 32.2 Å². The molecular formula is C27H24N6O. The highest BCUT2D eigenvalue weighted by Crippen LogP contribution is 2.31. The summed E-state index contributed by atoms with van der Waals surface area (Å²) in [5.41, 5.74) is 5.45. The molecule has 1 saturated heterocycles. The summed E-state index contributed by atoms with van der Waals surface area (Å²) in [6.45, 7) is 5.06. The molecule has 34 heavy (non-hydrogen) atoms. The van der Waals surface area contributed by atoms with Gasteiger partial charge in [-0.25, -0.2) is 4.98 Å². The van der Waals surface area contributed by atoms with Crippen LogP contribution in [-0.4, -0.2) is 51.8 Å². The van der Waals surface area contributed by atoms with E-state index in [9.17, 15) is 4.79 Å². The van der Waals surface area contributed by atoms with Crippen molar-refractivity contribution in [3.8, 4) is 11.3 Å². The van der Waals surface area contributed by atoms with E-state index < -0.39 is 0 Å². The van der Waals surface area contributed by atoms with Crippen LogP contribution < -0.4 is 9.80 Å². The number of nitrogens with zero attached hydrogens (tertiary/aromatic N) is 6. The molecule has 0 radical (unpaired) electrons. The number of carbonyl (C=O) groups excluding carboxylic acids is 1. The van der Waals surface area contributed by atoms with Gasteiger partial charge in [-0.3, -0.25) is 4.79 Å². The van der Waals surface area contributed by atoms with E-state index in [1.165, 1.54) is 0 Å². The number of fused-ring (bicyclic) bond motifs is 3. The Morgan fingerprint density at radius 1 is 0.794 bits per heavy atom. The standard InChI is InChI=1S/C27H24N6O/c1-19(34)20-11-13-22(14-12-20)31-15-17-32(18-16-31)26-23-9-5-6-10-24(23)33-27(28-26)25(29-30-33)21-7-3-2-4-8-21/h2-14H,15-18H2,1H3. The lowest BCUT2D eigenvalue weighted by Crippen LogP contribution is -2.47. The molecule has 5 aromatic rings. The molecule has 0 unspecified atom stereocenters. The predicted molar refractivity (Wildman–Crippen MR) is 135 cm³/mol. The van der Waals surface area contributed by atoms with E-state index in [4.69, 9.17) is 4.98 Å². The molecule has 0 bridgehead atoms. The lowest BCUT2D eigenvalue weighted by atomic mass is 10.1. The number of benzene rings is 3. The van der Waals surface area contributed by atoms with Gasteiger partial charge in [-0.2, -0.15) is 4.52 Å². The summed E-state index contributed by atoms with van der Waals surface area (Å²) < 4.78 is 1.84. The number of anilines is 2. The van der Waals surface area contributed by atoms with Gasteiger partial charge in [-0.15, -0.1) is 5.10 Å². The Kier molecular flexibility index (Phi) is 4.95. The number of Topliss-reactive ketones (excluding diaryl/α,β-unsaturated/α-hetero) is 1. The zero-order chi connectivity index (χ0) is 23.1. The van der Waals surface area contributed by atoms with Crippen molar-refractivity contribution in [1.82, 2.24) is 19.8 Å². The van der Waals surface area contributed by atoms with Crippen molar-refractivity contribution in [2.24, 2.45) is 0 Å². The maximum atomic E-state index is 11.6. The fourth-order valence-corrected chi connectivity index (χ4v) is 4.65. The average molecular weight is 449 g/mol. The van der Waals surface area contributed by atoms with Gasteiger partial charge in [0.05, 0.1) is 5.52 Å². The zero-order valence-corrected chi connectivity index (χ0v) is 18.9. The van der Waals surface area contributed by atoms with E-state index in [0.29, 0.717) is 0 Å². The summed E-state index contributed by atoms with van der Waals surface area (Å²) in [6.07, 6.45) is 0. The normalized spacial score (nSPS) is 14.1. The van der Waals surface area contributed by atoms with Crippen LogP contribution in [0.4, 0.5) is 11.5 Å². The number of hydrogen-bond donors (Lipinski definition) is 0. The van der Waals surface area contributed by atoms with Gasteiger partial charge in [0.25, 0.3) is 0 Å². The molecule has 3 heterocycles. The van der Waals surface area contributed by atoms with Gasteiger partial charge in [-0.05, 0) is 43.3 Å². The van der Waals surface area contributed by atoms with Gasteiger partial charge < -0.3 is 9.80 Å². The third-order valence-electron chi connectivity index (χ3n) is 6.50. The number of hydrogen-bond acceptors (Lipinski definition) is 6. The first kappa shape index (κ1) is 20.4. The Balaban J connectivity index is 1.35. The van der Waals surface area contributed by atoms with Crippen molar-refractivity contribution in [3.05, 3.63) is 84.4 Å². The number of para-hydroxylation sites is 1. The lowest BCUT2D eigenvalue weighted by molar-refractivity contribution is 0.101. The Hall–Kier alpha value is -4.26. The van der Waals surface area contributed by atoms with Gasteiger partial charge >= 0.3 is 0 Å². The molecule has 7 nitrogen and oxygen atoms in total. The van der Waals surface area contributed by atoms with Crippen molar-refractivity contribution < 1.29 is 4.79 Å². The van der Waals surface area contributed by atoms with Crippen LogP contribution in [0.2, 0.25) is 0 Å². The maximum absolute atomic E-state index is 11.6. The van der Waals surface area contributed by atoms with Crippen LogP contribution in [0.25, 0.3) is 27.8 Å². The number of ketones is 1. The molecule has 7 heteroatoms. The molecule has 0 spiro atoms. The molecule has 6 rings (SSSR count). The van der Waals surface area contributed by atoms with Gasteiger partial charge in [0, 0.05) is 48.4 Å². The minimum Gasteiger partial charge on any atom is -0.368 e. The highest BCUT2D eigenvalue weighted by atomic mass is 16.1. The average Bonchev–Trinajstić information content (AvgIpc) is 3.33. The highest BCUT2D eigenvalue weighted by Gasteiger charge is 2.23. The van der Waals surface area contributed by atoms with Gasteiger partial charge in [-0.1, -0.05) is 47.7 Å². The van der Waals surface area contributed by atoms with Crippen molar-refractivity contribution >= 4 is 33.8 Å². The number of rotatable bonds is 4. The van der Waals surface area contributed by atoms with Crippen LogP contribution in [0.3, 0.4) is 0 Å². The third kappa shape index (κ3) is 3.46. The molecular weight excluding hydrogens is 424 g/mol. The first-order valence-corrected chi connectivity index (χ1v) is 11.5. The van der Waals surface area contributed by atoms with E-state index >= 15 is 0 Å². The van der Waals surface area contributed by atoms with Crippen molar-refractivity contribution in [1.29, 1.82) is 0 Å². The molecule has 1 aliphatic rings. The minimum atomic E-state index is 0.0916. The van der Waals surface area contributed by atoms with Gasteiger partial charge in [0.15, 0.2) is 11.4 Å². The highest BCUT2D eigenvalue weighted by molar-refractivity contribution is 5.95. The Morgan fingerprint density at radius 3 is 2.21 bits per heavy atom. The molecule has 1 aliphatic heterocycles. The fraction of sp³-hybridized carbons (Fsp3) is 0.185. The Labute approximate surface area is 197 Å². The number of carbonyl (C=O) groups is 1. The Morgan fingerprint density at radius 2 is 1.47 bits per heavy atom. The molecule has 0 aliphatic carbocycles. The Bertz CT molecular complexity index is 1480. The fourth-order valence-electron chi connectivity index (χ4n) is 4.65. The third-order valence-corrected chi connectivity index (χ3v) is 6.50. The monoisotopic (exact) mass is 448 g/mol. The van der Waals surface area contributed by atoms with E-state index in [1.807, 2.05) is 71.2 Å². The summed E-state index contributed by atoms with van der Waals surface area (Å²) in [4.78, 5) is 21.4. The van der Waals surface area contributed by atoms with Crippen LogP contribution in [0.5, 0.6) is 0 Å². The molecule has 2 aromatic heterocycles. The summed E-state index contributed by atoms with van der Waals surface area (Å²) in [5.74, 6) is 1.06. The molecule has 0 N–H and O–H groups in total. The van der Waals surface area contributed by atoms with Gasteiger partial charge in [0.1, 0.15) is 11.5 Å². The predicted octanol–water partition coefficient (Wildman–Crippen LogP) is 4.47. The number of aromatic nitrogens is 4. The van der Waals surface area contributed by atoms with Crippen molar-refractivity contribution in [2.75, 3.05) is 36.0 Å². The molecule has 3 aromatic carbocycles. The zero-order valence-electron chi connectivity index (χ0n) is 18.9. The second-order valence-corrected chi connectivity index (χ2v) is 8.57. The van der Waals surface area contributed by atoms with Crippen molar-refractivity contribution in [2.45, 2.75) is 6.92 Å². The smallest absolute Gasteiger partial charge is 0.186 e. The quantitative estimate of drug-likeness (QED) is 0.378. The number of piperazine rings is 1. The molecule has 168 valence electrons. The van der Waals surface area contributed by atoms with Crippen LogP contribution in [0.15, 0.2) is 78.9 Å². The summed E-state index contributed by atoms with van der Waals surface area (Å²) in [6, 6.07) is 26.2. The van der Waals surface area contributed by atoms with Crippen LogP contribution >= 0.6 is 0 Å². The summed E-state index contributed by atoms with van der Waals surface area (Å²) >= 11 is 0. The van der Waals surface area contributed by atoms with E-state index in [1.54, 1.807) is 6.92 Å². The molecule has 0 amide bonds. The van der Waals surface area contributed by atoms with E-state index in [0.717, 1.165) is 71.1 Å². The molecule has 0 saturated carbocycles. The first-order valence-electron chi connectivity index (χ1n) is 11.5. The second-order valence-electron chi connectivity index (χ2n) is 8.57. The van der Waals surface area contributed by atoms with Crippen LogP contribution in [0, 0.1) is 0 Å². The largest absolute Gasteiger partial charge is 0.368 e. The van der Waals surface area contributed by atoms with Gasteiger partial charge in [0.2, 0.25) is 0 Å².